The van der Waals surface area contributed by atoms with E-state index in [-0.39, 0.29) is 6.04 Å². The van der Waals surface area contributed by atoms with Gasteiger partial charge in [0, 0.05) is 37.8 Å². The van der Waals surface area contributed by atoms with Crippen molar-refractivity contribution in [3.63, 3.8) is 0 Å². The molecule has 112 valence electrons. The van der Waals surface area contributed by atoms with Crippen molar-refractivity contribution in [1.29, 1.82) is 0 Å². The van der Waals surface area contributed by atoms with Gasteiger partial charge in [0.25, 0.3) is 0 Å². The van der Waals surface area contributed by atoms with Crippen LogP contribution in [0.1, 0.15) is 31.4 Å². The summed E-state index contributed by atoms with van der Waals surface area (Å²) >= 11 is 0. The predicted octanol–water partition coefficient (Wildman–Crippen LogP) is 3.03. The maximum Gasteiger partial charge on any atom is 0.387 e. The molecule has 0 saturated carbocycles. The fourth-order valence-electron chi connectivity index (χ4n) is 2.76. The Bertz CT molecular complexity index is 409. The third-order valence-electron chi connectivity index (χ3n) is 3.65. The molecule has 5 heteroatoms. The molecular weight excluding hydrogens is 262 g/mol. The number of ether oxygens (including phenoxy) is 1. The van der Waals surface area contributed by atoms with Crippen LogP contribution in [0.2, 0.25) is 0 Å². The summed E-state index contributed by atoms with van der Waals surface area (Å²) in [7, 11) is 0. The summed E-state index contributed by atoms with van der Waals surface area (Å²) in [5.41, 5.74) is 0.872. The Morgan fingerprint density at radius 2 is 1.95 bits per heavy atom. The van der Waals surface area contributed by atoms with Crippen LogP contribution in [-0.2, 0) is 0 Å². The third-order valence-corrected chi connectivity index (χ3v) is 3.65. The van der Waals surface area contributed by atoms with Gasteiger partial charge in [0.2, 0.25) is 0 Å². The second-order valence-corrected chi connectivity index (χ2v) is 5.01. The molecule has 1 heterocycles. The zero-order valence-corrected chi connectivity index (χ0v) is 11.8. The van der Waals surface area contributed by atoms with Crippen molar-refractivity contribution in [2.24, 2.45) is 0 Å². The van der Waals surface area contributed by atoms with Gasteiger partial charge >= 0.3 is 6.61 Å². The van der Waals surface area contributed by atoms with Gasteiger partial charge < -0.3 is 10.1 Å². The molecule has 20 heavy (non-hydrogen) atoms. The van der Waals surface area contributed by atoms with Gasteiger partial charge in [-0.15, -0.1) is 0 Å². The summed E-state index contributed by atoms with van der Waals surface area (Å²) in [6.45, 7) is 3.10. The van der Waals surface area contributed by atoms with Crippen molar-refractivity contribution in [3.05, 3.63) is 29.8 Å². The summed E-state index contributed by atoms with van der Waals surface area (Å²) in [4.78, 5) is 2.35. The summed E-state index contributed by atoms with van der Waals surface area (Å²) in [5.74, 6) is 0.305. The van der Waals surface area contributed by atoms with E-state index in [1.54, 1.807) is 12.1 Å². The number of para-hydroxylation sites is 1. The highest BCUT2D eigenvalue weighted by molar-refractivity contribution is 5.36. The van der Waals surface area contributed by atoms with Gasteiger partial charge in [-0.2, -0.15) is 8.78 Å². The van der Waals surface area contributed by atoms with E-state index < -0.39 is 6.61 Å². The molecule has 0 spiro atoms. The lowest BCUT2D eigenvalue weighted by atomic mass is 9.99. The van der Waals surface area contributed by atoms with Gasteiger partial charge in [-0.1, -0.05) is 31.5 Å². The summed E-state index contributed by atoms with van der Waals surface area (Å²) in [6.07, 6.45) is 1.96. The van der Waals surface area contributed by atoms with Gasteiger partial charge in [-0.05, 0) is 12.5 Å². The van der Waals surface area contributed by atoms with Gasteiger partial charge in [-0.3, -0.25) is 4.90 Å². The topological polar surface area (TPSA) is 24.5 Å². The van der Waals surface area contributed by atoms with Crippen LogP contribution in [0.15, 0.2) is 24.3 Å². The van der Waals surface area contributed by atoms with E-state index >= 15 is 0 Å². The zero-order chi connectivity index (χ0) is 14.4. The van der Waals surface area contributed by atoms with E-state index in [4.69, 9.17) is 0 Å². The Hall–Kier alpha value is -1.20. The molecule has 1 fully saturated rings. The quantitative estimate of drug-likeness (QED) is 0.869. The number of benzene rings is 1. The first-order valence-corrected chi connectivity index (χ1v) is 7.21. The first-order valence-electron chi connectivity index (χ1n) is 7.21. The van der Waals surface area contributed by atoms with E-state index in [0.29, 0.717) is 5.75 Å². The lowest BCUT2D eigenvalue weighted by Gasteiger charge is -2.35. The molecule has 1 aromatic carbocycles. The lowest BCUT2D eigenvalue weighted by Crippen LogP contribution is -2.45. The van der Waals surface area contributed by atoms with Crippen LogP contribution in [0, 0.1) is 0 Å². The smallest absolute Gasteiger partial charge is 0.387 e. The lowest BCUT2D eigenvalue weighted by molar-refractivity contribution is -0.0513. The fraction of sp³-hybridized carbons (Fsp3) is 0.600. The zero-order valence-electron chi connectivity index (χ0n) is 11.8. The van der Waals surface area contributed by atoms with Crippen LogP contribution in [0.4, 0.5) is 8.78 Å². The minimum atomic E-state index is -2.78. The molecule has 1 N–H and O–H groups in total. The number of hydrogen-bond donors (Lipinski definition) is 1. The highest BCUT2D eigenvalue weighted by Gasteiger charge is 2.24. The number of rotatable bonds is 6. The Labute approximate surface area is 118 Å². The molecule has 1 atom stereocenters. The van der Waals surface area contributed by atoms with Gasteiger partial charge in [-0.25, -0.2) is 0 Å². The Balaban J connectivity index is 2.23. The van der Waals surface area contributed by atoms with E-state index in [1.807, 2.05) is 12.1 Å². The Kier molecular flexibility index (Phi) is 5.73. The SMILES string of the molecule is CCC[C@@H](c1ccccc1OC(F)F)N1CCNCC1. The average molecular weight is 284 g/mol. The molecule has 0 aliphatic carbocycles. The highest BCUT2D eigenvalue weighted by atomic mass is 19.3. The number of nitrogens with one attached hydrogen (secondary N) is 1. The Morgan fingerprint density at radius 1 is 1.25 bits per heavy atom. The molecule has 1 aliphatic heterocycles. The summed E-state index contributed by atoms with van der Waals surface area (Å²) in [6, 6.07) is 7.31. The number of halogens is 2. The van der Waals surface area contributed by atoms with Crippen molar-refractivity contribution < 1.29 is 13.5 Å². The van der Waals surface area contributed by atoms with Crippen LogP contribution in [-0.4, -0.2) is 37.7 Å². The van der Waals surface area contributed by atoms with E-state index in [2.05, 4.69) is 21.9 Å². The minimum Gasteiger partial charge on any atom is -0.434 e. The molecule has 1 aromatic rings. The van der Waals surface area contributed by atoms with Crippen molar-refractivity contribution in [2.75, 3.05) is 26.2 Å². The van der Waals surface area contributed by atoms with E-state index in [1.165, 1.54) is 0 Å². The average Bonchev–Trinajstić information content (AvgIpc) is 2.46. The molecule has 0 bridgehead atoms. The molecule has 3 nitrogen and oxygen atoms in total. The molecule has 1 saturated heterocycles. The van der Waals surface area contributed by atoms with Crippen LogP contribution >= 0.6 is 0 Å². The molecule has 0 radical (unpaired) electrons. The fourth-order valence-corrected chi connectivity index (χ4v) is 2.76. The van der Waals surface area contributed by atoms with E-state index in [9.17, 15) is 8.78 Å². The van der Waals surface area contributed by atoms with Crippen LogP contribution in [0.25, 0.3) is 0 Å². The summed E-state index contributed by atoms with van der Waals surface area (Å²) in [5, 5.41) is 3.32. The monoisotopic (exact) mass is 284 g/mol. The number of hydrogen-bond acceptors (Lipinski definition) is 3. The van der Waals surface area contributed by atoms with Crippen molar-refractivity contribution in [3.8, 4) is 5.75 Å². The maximum absolute atomic E-state index is 12.5. The highest BCUT2D eigenvalue weighted by Crippen LogP contribution is 2.33. The van der Waals surface area contributed by atoms with Crippen molar-refractivity contribution in [2.45, 2.75) is 32.4 Å². The van der Waals surface area contributed by atoms with Gasteiger partial charge in [0.15, 0.2) is 0 Å². The van der Waals surface area contributed by atoms with Crippen molar-refractivity contribution >= 4 is 0 Å². The molecule has 0 amide bonds. The van der Waals surface area contributed by atoms with Crippen LogP contribution in [0.5, 0.6) is 5.75 Å². The summed E-state index contributed by atoms with van der Waals surface area (Å²) < 4.78 is 29.8. The second kappa shape index (κ2) is 7.55. The Morgan fingerprint density at radius 3 is 2.60 bits per heavy atom. The minimum absolute atomic E-state index is 0.150. The third kappa shape index (κ3) is 3.90. The number of nitrogens with zero attached hydrogens (tertiary/aromatic N) is 1. The normalized spacial score (nSPS) is 18.2. The second-order valence-electron chi connectivity index (χ2n) is 5.01. The number of piperazine rings is 1. The number of alkyl halides is 2. The largest absolute Gasteiger partial charge is 0.434 e. The first-order chi connectivity index (χ1) is 9.72. The van der Waals surface area contributed by atoms with Crippen LogP contribution < -0.4 is 10.1 Å². The van der Waals surface area contributed by atoms with Gasteiger partial charge in [0.1, 0.15) is 5.75 Å². The molecular formula is C15H22F2N2O. The molecule has 0 aromatic heterocycles. The molecule has 2 rings (SSSR count). The predicted molar refractivity (Wildman–Crippen MR) is 75.2 cm³/mol. The first kappa shape index (κ1) is 15.2. The van der Waals surface area contributed by atoms with Gasteiger partial charge in [0.05, 0.1) is 0 Å². The van der Waals surface area contributed by atoms with Crippen molar-refractivity contribution in [1.82, 2.24) is 10.2 Å². The maximum atomic E-state index is 12.5. The van der Waals surface area contributed by atoms with E-state index in [0.717, 1.165) is 44.6 Å². The van der Waals surface area contributed by atoms with Crippen LogP contribution in [0.3, 0.4) is 0 Å². The standard InChI is InChI=1S/C15H22F2N2O/c1-2-5-13(19-10-8-18-9-11-19)12-6-3-4-7-14(12)20-15(16)17/h3-4,6-7,13,15,18H,2,5,8-11H2,1H3/t13-/m0/s1. The molecule has 0 unspecified atom stereocenters. The molecule has 1 aliphatic rings.